The largest absolute Gasteiger partial charge is 0.325 e. The number of piperidine rings is 1. The fourth-order valence-corrected chi connectivity index (χ4v) is 4.82. The molecule has 1 aliphatic rings. The average molecular weight is 400 g/mol. The summed E-state index contributed by atoms with van der Waals surface area (Å²) in [5.41, 5.74) is 2.97. The molecule has 1 aromatic heterocycles. The van der Waals surface area contributed by atoms with Crippen molar-refractivity contribution in [2.24, 2.45) is 0 Å². The van der Waals surface area contributed by atoms with Gasteiger partial charge in [0.1, 0.15) is 0 Å². The lowest BCUT2D eigenvalue weighted by Crippen LogP contribution is -2.38. The normalized spacial score (nSPS) is 15.9. The molecule has 0 spiro atoms. The number of amides is 1. The quantitative estimate of drug-likeness (QED) is 0.665. The van der Waals surface area contributed by atoms with E-state index in [0.29, 0.717) is 12.5 Å². The number of halogens is 1. The van der Waals surface area contributed by atoms with Crippen LogP contribution in [-0.4, -0.2) is 35.4 Å². The third-order valence-electron chi connectivity index (χ3n) is 5.09. The first-order valence-corrected chi connectivity index (χ1v) is 10.4. The second-order valence-electron chi connectivity index (χ2n) is 7.08. The number of likely N-dealkylation sites (tertiary alicyclic amines) is 1. The molecule has 3 aromatic rings. The highest BCUT2D eigenvalue weighted by atomic mass is 35.5. The first-order chi connectivity index (χ1) is 13.1. The van der Waals surface area contributed by atoms with Crippen LogP contribution in [0.2, 0.25) is 5.02 Å². The van der Waals surface area contributed by atoms with Gasteiger partial charge in [-0.3, -0.25) is 9.69 Å². The topological polar surface area (TPSA) is 45.2 Å². The van der Waals surface area contributed by atoms with E-state index in [9.17, 15) is 4.79 Å². The molecule has 0 saturated carbocycles. The number of fused-ring (bicyclic) bond motifs is 1. The van der Waals surface area contributed by atoms with E-state index in [1.54, 1.807) is 11.3 Å². The Morgan fingerprint density at radius 3 is 2.81 bits per heavy atom. The molecule has 1 saturated heterocycles. The maximum absolute atomic E-state index is 12.4. The smallest absolute Gasteiger partial charge is 0.238 e. The summed E-state index contributed by atoms with van der Waals surface area (Å²) < 4.78 is 1.19. The van der Waals surface area contributed by atoms with Crippen molar-refractivity contribution in [2.75, 3.05) is 25.0 Å². The second-order valence-corrected chi connectivity index (χ2v) is 8.58. The minimum absolute atomic E-state index is 0.0531. The monoisotopic (exact) mass is 399 g/mol. The Morgan fingerprint density at radius 2 is 2.04 bits per heavy atom. The molecule has 1 amide bonds. The molecular weight excluding hydrogens is 378 g/mol. The van der Waals surface area contributed by atoms with Gasteiger partial charge in [0.2, 0.25) is 5.91 Å². The predicted octanol–water partition coefficient (Wildman–Crippen LogP) is 5.08. The first kappa shape index (κ1) is 18.4. The Balaban J connectivity index is 1.33. The highest BCUT2D eigenvalue weighted by molar-refractivity contribution is 7.18. The summed E-state index contributed by atoms with van der Waals surface area (Å²) in [6.45, 7) is 4.29. The van der Waals surface area contributed by atoms with Gasteiger partial charge >= 0.3 is 0 Å². The summed E-state index contributed by atoms with van der Waals surface area (Å²) in [6, 6.07) is 13.8. The van der Waals surface area contributed by atoms with Crippen molar-refractivity contribution in [3.8, 4) is 0 Å². The van der Waals surface area contributed by atoms with E-state index in [4.69, 9.17) is 16.6 Å². The van der Waals surface area contributed by atoms with Crippen LogP contribution in [0.25, 0.3) is 10.2 Å². The molecule has 1 aliphatic heterocycles. The van der Waals surface area contributed by atoms with Gasteiger partial charge in [-0.2, -0.15) is 0 Å². The van der Waals surface area contributed by atoms with Crippen LogP contribution in [0.15, 0.2) is 42.5 Å². The summed E-state index contributed by atoms with van der Waals surface area (Å²) in [5.74, 6) is 0.522. The van der Waals surface area contributed by atoms with Crippen LogP contribution in [0.5, 0.6) is 0 Å². The van der Waals surface area contributed by atoms with Crippen LogP contribution >= 0.6 is 22.9 Å². The van der Waals surface area contributed by atoms with Crippen LogP contribution in [-0.2, 0) is 4.79 Å². The summed E-state index contributed by atoms with van der Waals surface area (Å²) in [5, 5.41) is 4.94. The van der Waals surface area contributed by atoms with E-state index in [-0.39, 0.29) is 5.91 Å². The van der Waals surface area contributed by atoms with Gasteiger partial charge in [0.05, 0.1) is 21.8 Å². The van der Waals surface area contributed by atoms with Crippen molar-refractivity contribution in [3.63, 3.8) is 0 Å². The molecule has 27 heavy (non-hydrogen) atoms. The Kier molecular flexibility index (Phi) is 5.43. The fourth-order valence-electron chi connectivity index (χ4n) is 3.54. The number of hydrogen-bond donors (Lipinski definition) is 1. The average Bonchev–Trinajstić information content (AvgIpc) is 3.07. The molecule has 1 fully saturated rings. The molecule has 140 valence electrons. The van der Waals surface area contributed by atoms with E-state index in [2.05, 4.69) is 10.2 Å². The van der Waals surface area contributed by atoms with Crippen LogP contribution < -0.4 is 5.32 Å². The zero-order chi connectivity index (χ0) is 18.8. The molecule has 0 atom stereocenters. The highest BCUT2D eigenvalue weighted by Crippen LogP contribution is 2.34. The van der Waals surface area contributed by atoms with Gasteiger partial charge in [-0.25, -0.2) is 4.98 Å². The molecule has 6 heteroatoms. The van der Waals surface area contributed by atoms with Crippen LogP contribution in [0.1, 0.15) is 29.3 Å². The van der Waals surface area contributed by atoms with Gasteiger partial charge in [0.25, 0.3) is 0 Å². The van der Waals surface area contributed by atoms with E-state index >= 15 is 0 Å². The molecule has 1 N–H and O–H groups in total. The minimum atomic E-state index is 0.0531. The number of aromatic nitrogens is 1. The van der Waals surface area contributed by atoms with Gasteiger partial charge in [0.15, 0.2) is 0 Å². The van der Waals surface area contributed by atoms with E-state index < -0.39 is 0 Å². The molecule has 0 unspecified atom stereocenters. The highest BCUT2D eigenvalue weighted by Gasteiger charge is 2.24. The maximum atomic E-state index is 12.4. The number of benzene rings is 2. The lowest BCUT2D eigenvalue weighted by atomic mass is 9.97. The van der Waals surface area contributed by atoms with Crippen LogP contribution in [0, 0.1) is 6.92 Å². The number of nitrogens with zero attached hydrogens (tertiary/aromatic N) is 2. The minimum Gasteiger partial charge on any atom is -0.325 e. The molecule has 4 rings (SSSR count). The first-order valence-electron chi connectivity index (χ1n) is 9.22. The molecular formula is C21H22ClN3OS. The number of para-hydroxylation sites is 1. The number of anilines is 1. The zero-order valence-corrected chi connectivity index (χ0v) is 16.8. The number of nitrogens with one attached hydrogen (secondary N) is 1. The Hall–Kier alpha value is -1.95. The van der Waals surface area contributed by atoms with Gasteiger partial charge in [-0.15, -0.1) is 11.3 Å². The molecule has 2 aromatic carbocycles. The van der Waals surface area contributed by atoms with Crippen molar-refractivity contribution in [1.82, 2.24) is 9.88 Å². The lowest BCUT2D eigenvalue weighted by Gasteiger charge is -2.30. The van der Waals surface area contributed by atoms with Crippen molar-refractivity contribution in [1.29, 1.82) is 0 Å². The van der Waals surface area contributed by atoms with Crippen LogP contribution in [0.3, 0.4) is 0 Å². The van der Waals surface area contributed by atoms with Gasteiger partial charge in [0, 0.05) is 16.6 Å². The van der Waals surface area contributed by atoms with Crippen molar-refractivity contribution in [3.05, 3.63) is 58.1 Å². The van der Waals surface area contributed by atoms with Crippen LogP contribution in [0.4, 0.5) is 5.69 Å². The third-order valence-corrected chi connectivity index (χ3v) is 6.52. The van der Waals surface area contributed by atoms with E-state index in [1.165, 1.54) is 9.71 Å². The van der Waals surface area contributed by atoms with E-state index in [0.717, 1.165) is 47.7 Å². The molecule has 0 radical (unpaired) electrons. The predicted molar refractivity (Wildman–Crippen MR) is 113 cm³/mol. The van der Waals surface area contributed by atoms with Crippen molar-refractivity contribution in [2.45, 2.75) is 25.7 Å². The summed E-state index contributed by atoms with van der Waals surface area (Å²) in [6.07, 6.45) is 2.07. The second kappa shape index (κ2) is 7.97. The Labute approximate surface area is 168 Å². The van der Waals surface area contributed by atoms with Crippen molar-refractivity contribution >= 4 is 44.7 Å². The zero-order valence-electron chi connectivity index (χ0n) is 15.2. The lowest BCUT2D eigenvalue weighted by molar-refractivity contribution is -0.117. The number of thiazole rings is 1. The maximum Gasteiger partial charge on any atom is 0.238 e. The van der Waals surface area contributed by atoms with Crippen molar-refractivity contribution < 1.29 is 4.79 Å². The molecule has 0 bridgehead atoms. The number of carbonyl (C=O) groups is 1. The summed E-state index contributed by atoms with van der Waals surface area (Å²) in [4.78, 5) is 19.4. The SMILES string of the molecule is Cc1ccccc1NC(=O)CN1CCC(c2nc3cc(Cl)ccc3s2)CC1. The summed E-state index contributed by atoms with van der Waals surface area (Å²) in [7, 11) is 0. The third kappa shape index (κ3) is 4.32. The molecule has 0 aliphatic carbocycles. The number of aryl methyl sites for hydroxylation is 1. The number of rotatable bonds is 4. The summed E-state index contributed by atoms with van der Waals surface area (Å²) >= 11 is 7.83. The number of hydrogen-bond acceptors (Lipinski definition) is 4. The standard InChI is InChI=1S/C21H22ClN3OS/c1-14-4-2-3-5-17(14)23-20(26)13-25-10-8-15(9-11-25)21-24-18-12-16(22)6-7-19(18)27-21/h2-7,12,15H,8-11,13H2,1H3,(H,23,26). The molecule has 4 nitrogen and oxygen atoms in total. The Morgan fingerprint density at radius 1 is 1.26 bits per heavy atom. The van der Waals surface area contributed by atoms with Gasteiger partial charge in [-0.05, 0) is 62.7 Å². The van der Waals surface area contributed by atoms with Gasteiger partial charge < -0.3 is 5.32 Å². The fraction of sp³-hybridized carbons (Fsp3) is 0.333. The molecule has 2 heterocycles. The number of carbonyl (C=O) groups excluding carboxylic acids is 1. The van der Waals surface area contributed by atoms with Gasteiger partial charge in [-0.1, -0.05) is 29.8 Å². The van der Waals surface area contributed by atoms with E-state index in [1.807, 2.05) is 49.4 Å². The Bertz CT molecular complexity index is 963.